The summed E-state index contributed by atoms with van der Waals surface area (Å²) < 4.78 is 25.3. The molecule has 0 aromatic heterocycles. The van der Waals surface area contributed by atoms with Crippen LogP contribution in [0.2, 0.25) is 0 Å². The van der Waals surface area contributed by atoms with E-state index in [0.29, 0.717) is 30.6 Å². The van der Waals surface area contributed by atoms with Crippen molar-refractivity contribution >= 4 is 21.6 Å². The van der Waals surface area contributed by atoms with Crippen molar-refractivity contribution < 1.29 is 13.2 Å². The third-order valence-corrected chi connectivity index (χ3v) is 7.31. The molecule has 0 N–H and O–H groups in total. The van der Waals surface area contributed by atoms with Crippen molar-refractivity contribution in [3.05, 3.63) is 29.3 Å². The molecular weight excluding hydrogens is 348 g/mol. The summed E-state index contributed by atoms with van der Waals surface area (Å²) in [7, 11) is -3.25. The number of carbonyl (C=O) groups is 1. The Morgan fingerprint density at radius 1 is 1.08 bits per heavy atom. The van der Waals surface area contributed by atoms with Crippen molar-refractivity contribution in [2.75, 3.05) is 17.1 Å². The fourth-order valence-electron chi connectivity index (χ4n) is 4.50. The Morgan fingerprint density at radius 3 is 2.27 bits per heavy atom. The maximum absolute atomic E-state index is 13.3. The van der Waals surface area contributed by atoms with Crippen molar-refractivity contribution in [1.82, 2.24) is 4.90 Å². The highest BCUT2D eigenvalue weighted by atomic mass is 32.2. The Kier molecular flexibility index (Phi) is 4.49. The molecule has 142 valence electrons. The quantitative estimate of drug-likeness (QED) is 0.811. The summed E-state index contributed by atoms with van der Waals surface area (Å²) in [6.45, 7) is 2.77. The Balaban J connectivity index is 1.58. The third kappa shape index (κ3) is 3.36. The molecule has 4 rings (SSSR count). The van der Waals surface area contributed by atoms with E-state index >= 15 is 0 Å². The SMILES string of the molecule is CC1CCC(N(C(=O)c2ccc3c(c2)CCN3S(C)(=O)=O)C2CC2)CC1. The van der Waals surface area contributed by atoms with Crippen molar-refractivity contribution in [3.63, 3.8) is 0 Å². The molecule has 5 nitrogen and oxygen atoms in total. The number of hydrogen-bond donors (Lipinski definition) is 0. The molecule has 0 atom stereocenters. The van der Waals surface area contributed by atoms with Crippen molar-refractivity contribution in [2.24, 2.45) is 5.92 Å². The van der Waals surface area contributed by atoms with Gasteiger partial charge >= 0.3 is 0 Å². The Bertz CT molecular complexity index is 808. The molecule has 1 amide bonds. The monoisotopic (exact) mass is 376 g/mol. The molecule has 6 heteroatoms. The van der Waals surface area contributed by atoms with Gasteiger partial charge in [-0.05, 0) is 74.6 Å². The van der Waals surface area contributed by atoms with Gasteiger partial charge in [0.25, 0.3) is 5.91 Å². The lowest BCUT2D eigenvalue weighted by Gasteiger charge is -2.36. The van der Waals surface area contributed by atoms with Gasteiger partial charge in [-0.3, -0.25) is 9.10 Å². The standard InChI is InChI=1S/C20H28N2O3S/c1-14-3-6-17(7-4-14)22(18-8-9-18)20(23)16-5-10-19-15(13-16)11-12-21(19)26(2,24)25/h5,10,13-14,17-18H,3-4,6-9,11-12H2,1-2H3. The van der Waals surface area contributed by atoms with Crippen LogP contribution in [0.5, 0.6) is 0 Å². The number of benzene rings is 1. The summed E-state index contributed by atoms with van der Waals surface area (Å²) in [5.41, 5.74) is 2.41. The van der Waals surface area contributed by atoms with Gasteiger partial charge in [-0.1, -0.05) is 6.92 Å². The number of carbonyl (C=O) groups excluding carboxylic acids is 1. The molecule has 1 aromatic carbocycles. The number of fused-ring (bicyclic) bond motifs is 1. The summed E-state index contributed by atoms with van der Waals surface area (Å²) >= 11 is 0. The lowest BCUT2D eigenvalue weighted by atomic mass is 9.86. The van der Waals surface area contributed by atoms with Crippen LogP contribution in [0.4, 0.5) is 5.69 Å². The number of sulfonamides is 1. The van der Waals surface area contributed by atoms with Crippen molar-refractivity contribution in [1.29, 1.82) is 0 Å². The molecule has 0 spiro atoms. The predicted octanol–water partition coefficient (Wildman–Crippen LogP) is 3.19. The van der Waals surface area contributed by atoms with Gasteiger partial charge in [-0.2, -0.15) is 0 Å². The van der Waals surface area contributed by atoms with E-state index in [9.17, 15) is 13.2 Å². The highest BCUT2D eigenvalue weighted by Crippen LogP contribution is 2.37. The van der Waals surface area contributed by atoms with E-state index in [1.54, 1.807) is 0 Å². The van der Waals surface area contributed by atoms with Crippen LogP contribution >= 0.6 is 0 Å². The average molecular weight is 377 g/mol. The molecule has 0 bridgehead atoms. The maximum atomic E-state index is 13.3. The maximum Gasteiger partial charge on any atom is 0.254 e. The van der Waals surface area contributed by atoms with E-state index in [4.69, 9.17) is 0 Å². The second-order valence-corrected chi connectivity index (χ2v) is 10.2. The van der Waals surface area contributed by atoms with Gasteiger partial charge in [-0.15, -0.1) is 0 Å². The summed E-state index contributed by atoms with van der Waals surface area (Å²) in [4.78, 5) is 15.4. The molecule has 0 unspecified atom stereocenters. The Morgan fingerprint density at radius 2 is 1.69 bits per heavy atom. The molecule has 2 aliphatic carbocycles. The first-order chi connectivity index (χ1) is 12.3. The molecule has 2 saturated carbocycles. The summed E-state index contributed by atoms with van der Waals surface area (Å²) in [6, 6.07) is 6.31. The predicted molar refractivity (Wildman–Crippen MR) is 103 cm³/mol. The fraction of sp³-hybridized carbons (Fsp3) is 0.650. The largest absolute Gasteiger partial charge is 0.333 e. The second kappa shape index (κ2) is 6.55. The van der Waals surface area contributed by atoms with Crippen LogP contribution in [-0.4, -0.2) is 44.1 Å². The van der Waals surface area contributed by atoms with Gasteiger partial charge in [-0.25, -0.2) is 8.42 Å². The minimum atomic E-state index is -3.25. The zero-order valence-corrected chi connectivity index (χ0v) is 16.5. The average Bonchev–Trinajstić information content (AvgIpc) is 3.32. The Labute approximate surface area is 156 Å². The third-order valence-electron chi connectivity index (χ3n) is 6.13. The van der Waals surface area contributed by atoms with Gasteiger partial charge in [0.2, 0.25) is 10.0 Å². The molecule has 1 heterocycles. The Hall–Kier alpha value is -1.56. The minimum absolute atomic E-state index is 0.132. The van der Waals surface area contributed by atoms with E-state index in [2.05, 4.69) is 11.8 Å². The fourth-order valence-corrected chi connectivity index (χ4v) is 5.46. The topological polar surface area (TPSA) is 57.7 Å². The van der Waals surface area contributed by atoms with Gasteiger partial charge in [0.15, 0.2) is 0 Å². The van der Waals surface area contributed by atoms with Crippen LogP contribution in [0.25, 0.3) is 0 Å². The zero-order valence-electron chi connectivity index (χ0n) is 15.6. The summed E-state index contributed by atoms with van der Waals surface area (Å²) in [5, 5.41) is 0. The molecule has 1 aromatic rings. The van der Waals surface area contributed by atoms with Gasteiger partial charge in [0.1, 0.15) is 0 Å². The van der Waals surface area contributed by atoms with Crippen molar-refractivity contribution in [2.45, 2.75) is 64.0 Å². The van der Waals surface area contributed by atoms with Crippen LogP contribution in [0.3, 0.4) is 0 Å². The molecule has 1 aliphatic heterocycles. The number of amides is 1. The molecule has 26 heavy (non-hydrogen) atoms. The normalized spacial score (nSPS) is 25.8. The highest BCUT2D eigenvalue weighted by molar-refractivity contribution is 7.92. The second-order valence-electron chi connectivity index (χ2n) is 8.29. The highest BCUT2D eigenvalue weighted by Gasteiger charge is 2.39. The lowest BCUT2D eigenvalue weighted by Crippen LogP contribution is -2.43. The van der Waals surface area contributed by atoms with Gasteiger partial charge < -0.3 is 4.90 Å². The first-order valence-corrected chi connectivity index (χ1v) is 11.6. The minimum Gasteiger partial charge on any atom is -0.333 e. The van der Waals surface area contributed by atoms with E-state index in [1.165, 1.54) is 23.4 Å². The number of nitrogens with zero attached hydrogens (tertiary/aromatic N) is 2. The van der Waals surface area contributed by atoms with Gasteiger partial charge in [0.05, 0.1) is 11.9 Å². The van der Waals surface area contributed by atoms with Crippen LogP contribution in [-0.2, 0) is 16.4 Å². The lowest BCUT2D eigenvalue weighted by molar-refractivity contribution is 0.0593. The molecule has 0 saturated heterocycles. The summed E-state index contributed by atoms with van der Waals surface area (Å²) in [6.07, 6.45) is 8.76. The van der Waals surface area contributed by atoms with Crippen LogP contribution in [0, 0.1) is 5.92 Å². The van der Waals surface area contributed by atoms with Crippen molar-refractivity contribution in [3.8, 4) is 0 Å². The molecule has 0 radical (unpaired) electrons. The van der Waals surface area contributed by atoms with Gasteiger partial charge in [0, 0.05) is 24.2 Å². The smallest absolute Gasteiger partial charge is 0.254 e. The van der Waals surface area contributed by atoms with Crippen LogP contribution < -0.4 is 4.31 Å². The number of hydrogen-bond acceptors (Lipinski definition) is 3. The van der Waals surface area contributed by atoms with E-state index < -0.39 is 10.0 Å². The number of rotatable bonds is 4. The van der Waals surface area contributed by atoms with E-state index in [0.717, 1.165) is 42.9 Å². The van der Waals surface area contributed by atoms with E-state index in [1.807, 2.05) is 18.2 Å². The summed E-state index contributed by atoms with van der Waals surface area (Å²) in [5.74, 6) is 0.900. The molecular formula is C20H28N2O3S. The van der Waals surface area contributed by atoms with Crippen LogP contribution in [0.15, 0.2) is 18.2 Å². The molecule has 2 fully saturated rings. The van der Waals surface area contributed by atoms with E-state index in [-0.39, 0.29) is 5.91 Å². The number of anilines is 1. The zero-order chi connectivity index (χ0) is 18.5. The van der Waals surface area contributed by atoms with Crippen LogP contribution in [0.1, 0.15) is 61.4 Å². The molecule has 3 aliphatic rings. The first kappa shape index (κ1) is 17.8. The first-order valence-electron chi connectivity index (χ1n) is 9.78.